The molecule has 0 spiro atoms. The molecule has 0 radical (unpaired) electrons. The van der Waals surface area contributed by atoms with Gasteiger partial charge in [0.05, 0.1) is 0 Å². The lowest BCUT2D eigenvalue weighted by Gasteiger charge is -2.27. The second kappa shape index (κ2) is 2.01. The molecule has 0 aromatic rings. The summed E-state index contributed by atoms with van der Waals surface area (Å²) in [7, 11) is 0. The molecule has 2 saturated carbocycles. The van der Waals surface area contributed by atoms with Crippen LogP contribution in [-0.2, 0) is 14.3 Å². The molecule has 3 nitrogen and oxygen atoms in total. The summed E-state index contributed by atoms with van der Waals surface area (Å²) >= 11 is 0. The number of Topliss-reactive ketones (excluding diaryl/α,β-unsaturated/α-hetero) is 2. The van der Waals surface area contributed by atoms with Crippen molar-refractivity contribution in [2.75, 3.05) is 0 Å². The highest BCUT2D eigenvalue weighted by Crippen LogP contribution is 2.54. The Kier molecular flexibility index (Phi) is 1.05. The summed E-state index contributed by atoms with van der Waals surface area (Å²) < 4.78 is 5.14. The van der Waals surface area contributed by atoms with E-state index in [-0.39, 0.29) is 35.6 Å². The van der Waals surface area contributed by atoms with Gasteiger partial charge in [-0.1, -0.05) is 12.2 Å². The zero-order valence-electron chi connectivity index (χ0n) is 7.55. The van der Waals surface area contributed by atoms with Crippen LogP contribution in [0.15, 0.2) is 12.2 Å². The van der Waals surface area contributed by atoms with Gasteiger partial charge in [0.2, 0.25) is 0 Å². The predicted octanol–water partition coefficient (Wildman–Crippen LogP) is 0.344. The topological polar surface area (TPSA) is 46.7 Å². The van der Waals surface area contributed by atoms with Crippen molar-refractivity contribution in [2.24, 2.45) is 23.7 Å². The average Bonchev–Trinajstić information content (AvgIpc) is 2.74. The monoisotopic (exact) mass is 190 g/mol. The molecule has 2 bridgehead atoms. The third-order valence-electron chi connectivity index (χ3n) is 4.17. The van der Waals surface area contributed by atoms with Crippen molar-refractivity contribution in [3.63, 3.8) is 0 Å². The molecule has 0 N–H and O–H groups in total. The van der Waals surface area contributed by atoms with Gasteiger partial charge < -0.3 is 4.74 Å². The number of carbonyl (C=O) groups is 2. The molecule has 1 heterocycles. The van der Waals surface area contributed by atoms with Crippen LogP contribution in [0.25, 0.3) is 0 Å². The van der Waals surface area contributed by atoms with Crippen LogP contribution in [0.5, 0.6) is 0 Å². The quantitative estimate of drug-likeness (QED) is 0.409. The van der Waals surface area contributed by atoms with Gasteiger partial charge in [0, 0.05) is 11.8 Å². The minimum Gasteiger partial charge on any atom is -0.353 e. The lowest BCUT2D eigenvalue weighted by Crippen LogP contribution is -2.43. The van der Waals surface area contributed by atoms with Crippen molar-refractivity contribution in [1.29, 1.82) is 0 Å². The smallest absolute Gasteiger partial charge is 0.169 e. The van der Waals surface area contributed by atoms with Gasteiger partial charge >= 0.3 is 0 Å². The molecule has 3 heteroatoms. The van der Waals surface area contributed by atoms with Gasteiger partial charge in [0.1, 0.15) is 0 Å². The Hall–Kier alpha value is -0.960. The predicted molar refractivity (Wildman–Crippen MR) is 46.4 cm³/mol. The largest absolute Gasteiger partial charge is 0.353 e. The Morgan fingerprint density at radius 3 is 2.00 bits per heavy atom. The van der Waals surface area contributed by atoms with Gasteiger partial charge in [0.25, 0.3) is 0 Å². The third kappa shape index (κ3) is 0.630. The minimum atomic E-state index is -0.364. The summed E-state index contributed by atoms with van der Waals surface area (Å²) in [5.74, 6) is 0.952. The molecule has 3 aliphatic carbocycles. The normalized spacial score (nSPS) is 57.4. The van der Waals surface area contributed by atoms with Crippen molar-refractivity contribution >= 4 is 11.6 Å². The van der Waals surface area contributed by atoms with Gasteiger partial charge in [-0.05, 0) is 18.3 Å². The van der Waals surface area contributed by atoms with Crippen LogP contribution in [-0.4, -0.2) is 23.8 Å². The van der Waals surface area contributed by atoms with Crippen LogP contribution in [0.2, 0.25) is 0 Å². The van der Waals surface area contributed by atoms with Crippen LogP contribution in [0.1, 0.15) is 6.42 Å². The Morgan fingerprint density at radius 2 is 1.50 bits per heavy atom. The number of rotatable bonds is 0. The van der Waals surface area contributed by atoms with Crippen molar-refractivity contribution < 1.29 is 14.3 Å². The van der Waals surface area contributed by atoms with Crippen molar-refractivity contribution in [1.82, 2.24) is 0 Å². The van der Waals surface area contributed by atoms with Crippen LogP contribution in [0, 0.1) is 23.7 Å². The van der Waals surface area contributed by atoms with E-state index in [2.05, 4.69) is 12.2 Å². The molecule has 0 aromatic carbocycles. The zero-order chi connectivity index (χ0) is 9.45. The van der Waals surface area contributed by atoms with E-state index in [4.69, 9.17) is 4.74 Å². The molecule has 3 fully saturated rings. The summed E-state index contributed by atoms with van der Waals surface area (Å²) in [4.78, 5) is 23.7. The maximum atomic E-state index is 11.9. The average molecular weight is 190 g/mol. The number of ether oxygens (including phenoxy) is 1. The lowest BCUT2D eigenvalue weighted by molar-refractivity contribution is -0.135. The minimum absolute atomic E-state index is 0.0405. The fourth-order valence-corrected chi connectivity index (χ4v) is 3.52. The molecular formula is C11H10O3. The SMILES string of the molecule is O=C1[C@H]2[C@H](C(=O)[C@H]3O[C@H]13)[C@H]1C=C[C@@H]2C1. The van der Waals surface area contributed by atoms with Crippen LogP contribution in [0.3, 0.4) is 0 Å². The highest BCUT2D eigenvalue weighted by atomic mass is 16.6. The van der Waals surface area contributed by atoms with Crippen LogP contribution in [0.4, 0.5) is 0 Å². The molecule has 0 unspecified atom stereocenters. The molecule has 72 valence electrons. The standard InChI is InChI=1S/C11H10O3/c12-8-6-4-1-2-5(3-4)7(6)9(13)11-10(8)14-11/h1-2,4-7,10-11H,3H2/t4-,5+,6-,7-,10-,11-/m1/s1. The highest BCUT2D eigenvalue weighted by Gasteiger charge is 2.66. The van der Waals surface area contributed by atoms with Gasteiger partial charge in [0.15, 0.2) is 23.8 Å². The number of ketones is 2. The van der Waals surface area contributed by atoms with Crippen LogP contribution < -0.4 is 0 Å². The van der Waals surface area contributed by atoms with Crippen molar-refractivity contribution in [2.45, 2.75) is 18.6 Å². The fraction of sp³-hybridized carbons (Fsp3) is 0.636. The van der Waals surface area contributed by atoms with E-state index in [0.29, 0.717) is 11.8 Å². The lowest BCUT2D eigenvalue weighted by atomic mass is 9.72. The molecule has 0 amide bonds. The molecule has 4 rings (SSSR count). The van der Waals surface area contributed by atoms with E-state index in [1.807, 2.05) is 0 Å². The van der Waals surface area contributed by atoms with E-state index in [9.17, 15) is 9.59 Å². The first-order valence-corrected chi connectivity index (χ1v) is 5.18. The molecule has 6 atom stereocenters. The number of hydrogen-bond donors (Lipinski definition) is 0. The Labute approximate surface area is 81.1 Å². The zero-order valence-corrected chi connectivity index (χ0v) is 7.55. The third-order valence-corrected chi connectivity index (χ3v) is 4.17. The molecular weight excluding hydrogens is 180 g/mol. The Balaban J connectivity index is 1.84. The number of fused-ring (bicyclic) bond motifs is 6. The summed E-state index contributed by atoms with van der Waals surface area (Å²) in [6.45, 7) is 0. The fourth-order valence-electron chi connectivity index (χ4n) is 3.52. The maximum absolute atomic E-state index is 11.9. The molecule has 4 aliphatic rings. The molecule has 0 aromatic heterocycles. The first-order chi connectivity index (χ1) is 6.77. The van der Waals surface area contributed by atoms with Gasteiger partial charge in [-0.15, -0.1) is 0 Å². The second-order valence-corrected chi connectivity index (χ2v) is 4.78. The Morgan fingerprint density at radius 1 is 1.00 bits per heavy atom. The summed E-state index contributed by atoms with van der Waals surface area (Å²) in [6, 6.07) is 0. The van der Waals surface area contributed by atoms with E-state index < -0.39 is 0 Å². The van der Waals surface area contributed by atoms with Gasteiger partial charge in [-0.2, -0.15) is 0 Å². The van der Waals surface area contributed by atoms with Crippen molar-refractivity contribution in [3.8, 4) is 0 Å². The van der Waals surface area contributed by atoms with E-state index in [1.165, 1.54) is 0 Å². The number of allylic oxidation sites excluding steroid dienone is 2. The highest BCUT2D eigenvalue weighted by molar-refractivity contribution is 6.06. The molecule has 1 saturated heterocycles. The molecule has 1 aliphatic heterocycles. The van der Waals surface area contributed by atoms with Crippen molar-refractivity contribution in [3.05, 3.63) is 12.2 Å². The van der Waals surface area contributed by atoms with E-state index in [0.717, 1.165) is 6.42 Å². The Bertz CT molecular complexity index is 350. The number of epoxide rings is 1. The summed E-state index contributed by atoms with van der Waals surface area (Å²) in [5.41, 5.74) is 0. The second-order valence-electron chi connectivity index (χ2n) is 4.78. The first-order valence-electron chi connectivity index (χ1n) is 5.18. The summed E-state index contributed by atoms with van der Waals surface area (Å²) in [5, 5.41) is 0. The van der Waals surface area contributed by atoms with Gasteiger partial charge in [-0.3, -0.25) is 9.59 Å². The summed E-state index contributed by atoms with van der Waals surface area (Å²) in [6.07, 6.45) is 4.50. The van der Waals surface area contributed by atoms with E-state index >= 15 is 0 Å². The molecule has 14 heavy (non-hydrogen) atoms. The van der Waals surface area contributed by atoms with Gasteiger partial charge in [-0.25, -0.2) is 0 Å². The van der Waals surface area contributed by atoms with E-state index in [1.54, 1.807) is 0 Å². The number of carbonyl (C=O) groups excluding carboxylic acids is 2. The first kappa shape index (κ1) is 7.35. The maximum Gasteiger partial charge on any atom is 0.169 e. The van der Waals surface area contributed by atoms with Crippen LogP contribution >= 0.6 is 0 Å². The number of hydrogen-bond acceptors (Lipinski definition) is 3.